The van der Waals surface area contributed by atoms with Gasteiger partial charge in [-0.15, -0.1) is 12.4 Å². The van der Waals surface area contributed by atoms with Gasteiger partial charge in [0.1, 0.15) is 6.61 Å². The molecule has 1 rings (SSSR count). The third-order valence-corrected chi connectivity index (χ3v) is 2.59. The van der Waals surface area contributed by atoms with Crippen molar-refractivity contribution >= 4 is 24.3 Å². The number of amides is 1. The third kappa shape index (κ3) is 9.01. The number of hydrogen-bond donors (Lipinski definition) is 3. The molecule has 1 amide bonds. The highest BCUT2D eigenvalue weighted by Crippen LogP contribution is 2.01. The zero-order valence-corrected chi connectivity index (χ0v) is 12.5. The van der Waals surface area contributed by atoms with Crippen LogP contribution in [0.4, 0.5) is 0 Å². The Morgan fingerprint density at radius 3 is 2.57 bits per heavy atom. The summed E-state index contributed by atoms with van der Waals surface area (Å²) >= 11 is 0. The summed E-state index contributed by atoms with van der Waals surface area (Å²) in [4.78, 5) is 22.7. The van der Waals surface area contributed by atoms with Gasteiger partial charge in [-0.1, -0.05) is 30.3 Å². The van der Waals surface area contributed by atoms with Crippen LogP contribution in [0.1, 0.15) is 18.4 Å². The predicted octanol–water partition coefficient (Wildman–Crippen LogP) is 0.368. The first-order valence-electron chi connectivity index (χ1n) is 6.46. The lowest BCUT2D eigenvalue weighted by Gasteiger charge is -2.08. The molecule has 118 valence electrons. The number of halogens is 1. The van der Waals surface area contributed by atoms with Crippen LogP contribution < -0.4 is 11.1 Å². The molecule has 0 radical (unpaired) electrons. The predicted molar refractivity (Wildman–Crippen MR) is 80.8 cm³/mol. The van der Waals surface area contributed by atoms with Gasteiger partial charge >= 0.3 is 5.97 Å². The summed E-state index contributed by atoms with van der Waals surface area (Å²) in [5.74, 6) is -0.715. The number of benzene rings is 1. The standard InChI is InChI=1S/C14H20N2O4.ClH/c15-9-12(17)8-13(18)16-7-6-14(19)20-10-11-4-2-1-3-5-11;/h1-5,12,17H,6-10,15H2,(H,16,18);1H. The highest BCUT2D eigenvalue weighted by Gasteiger charge is 2.09. The van der Waals surface area contributed by atoms with E-state index in [4.69, 9.17) is 15.6 Å². The van der Waals surface area contributed by atoms with Crippen molar-refractivity contribution in [3.8, 4) is 0 Å². The Morgan fingerprint density at radius 1 is 1.29 bits per heavy atom. The van der Waals surface area contributed by atoms with Crippen molar-refractivity contribution in [2.75, 3.05) is 13.1 Å². The maximum Gasteiger partial charge on any atom is 0.307 e. The van der Waals surface area contributed by atoms with Gasteiger partial charge in [0.15, 0.2) is 0 Å². The SMILES string of the molecule is Cl.NCC(O)CC(=O)NCCC(=O)OCc1ccccc1. The molecule has 1 aromatic rings. The Bertz CT molecular complexity index is 428. The minimum Gasteiger partial charge on any atom is -0.461 e. The van der Waals surface area contributed by atoms with Crippen molar-refractivity contribution in [1.82, 2.24) is 5.32 Å². The van der Waals surface area contributed by atoms with Gasteiger partial charge in [0.25, 0.3) is 0 Å². The number of nitrogens with one attached hydrogen (secondary N) is 1. The summed E-state index contributed by atoms with van der Waals surface area (Å²) in [6.45, 7) is 0.440. The van der Waals surface area contributed by atoms with Gasteiger partial charge in [-0.25, -0.2) is 0 Å². The molecular formula is C14H21ClN2O4. The van der Waals surface area contributed by atoms with Crippen LogP contribution in [0.5, 0.6) is 0 Å². The summed E-state index contributed by atoms with van der Waals surface area (Å²) < 4.78 is 5.05. The largest absolute Gasteiger partial charge is 0.461 e. The molecule has 7 heteroatoms. The van der Waals surface area contributed by atoms with Crippen LogP contribution >= 0.6 is 12.4 Å². The van der Waals surface area contributed by atoms with Crippen LogP contribution in [0, 0.1) is 0 Å². The maximum absolute atomic E-state index is 11.4. The van der Waals surface area contributed by atoms with Crippen molar-refractivity contribution in [3.63, 3.8) is 0 Å². The van der Waals surface area contributed by atoms with E-state index in [1.807, 2.05) is 30.3 Å². The average Bonchev–Trinajstić information content (AvgIpc) is 2.46. The maximum atomic E-state index is 11.4. The van der Waals surface area contributed by atoms with Crippen molar-refractivity contribution < 1.29 is 19.4 Å². The molecule has 21 heavy (non-hydrogen) atoms. The zero-order chi connectivity index (χ0) is 14.8. The first-order chi connectivity index (χ1) is 9.61. The van der Waals surface area contributed by atoms with E-state index in [0.717, 1.165) is 5.56 Å². The molecule has 0 heterocycles. The van der Waals surface area contributed by atoms with Crippen LogP contribution in [0.2, 0.25) is 0 Å². The van der Waals surface area contributed by atoms with E-state index in [1.54, 1.807) is 0 Å². The third-order valence-electron chi connectivity index (χ3n) is 2.59. The zero-order valence-electron chi connectivity index (χ0n) is 11.7. The number of carbonyl (C=O) groups is 2. The number of aliphatic hydroxyl groups excluding tert-OH is 1. The first kappa shape index (κ1) is 19.4. The van der Waals surface area contributed by atoms with Gasteiger partial charge in [-0.2, -0.15) is 0 Å². The topological polar surface area (TPSA) is 102 Å². The van der Waals surface area contributed by atoms with E-state index in [2.05, 4.69) is 5.32 Å². The fourth-order valence-electron chi connectivity index (χ4n) is 1.48. The molecule has 0 spiro atoms. The summed E-state index contributed by atoms with van der Waals surface area (Å²) in [7, 11) is 0. The number of hydrogen-bond acceptors (Lipinski definition) is 5. The highest BCUT2D eigenvalue weighted by molar-refractivity contribution is 5.85. The molecule has 1 atom stereocenters. The second-order valence-electron chi connectivity index (χ2n) is 4.34. The van der Waals surface area contributed by atoms with E-state index >= 15 is 0 Å². The smallest absolute Gasteiger partial charge is 0.307 e. The van der Waals surface area contributed by atoms with Gasteiger partial charge < -0.3 is 20.9 Å². The molecule has 0 aromatic heterocycles. The Kier molecular flexibility index (Phi) is 10.2. The molecule has 0 saturated heterocycles. The summed E-state index contributed by atoms with van der Waals surface area (Å²) in [6.07, 6.45) is -0.813. The van der Waals surface area contributed by atoms with Crippen LogP contribution in [-0.2, 0) is 20.9 Å². The number of ether oxygens (including phenoxy) is 1. The van der Waals surface area contributed by atoms with Crippen LogP contribution in [-0.4, -0.2) is 36.2 Å². The fraction of sp³-hybridized carbons (Fsp3) is 0.429. The van der Waals surface area contributed by atoms with Gasteiger partial charge in [0, 0.05) is 13.1 Å². The van der Waals surface area contributed by atoms with Crippen molar-refractivity contribution in [2.24, 2.45) is 5.73 Å². The molecule has 0 saturated carbocycles. The van der Waals surface area contributed by atoms with Gasteiger partial charge in [-0.3, -0.25) is 9.59 Å². The fourth-order valence-corrected chi connectivity index (χ4v) is 1.48. The van der Waals surface area contributed by atoms with E-state index in [-0.39, 0.29) is 56.8 Å². The minimum absolute atomic E-state index is 0. The van der Waals surface area contributed by atoms with Crippen LogP contribution in [0.15, 0.2) is 30.3 Å². The molecule has 0 aliphatic carbocycles. The summed E-state index contributed by atoms with van der Waals surface area (Å²) in [5.41, 5.74) is 6.10. The second kappa shape index (κ2) is 11.1. The molecule has 0 aliphatic rings. The highest BCUT2D eigenvalue weighted by atomic mass is 35.5. The Hall–Kier alpha value is -1.63. The quantitative estimate of drug-likeness (QED) is 0.601. The van der Waals surface area contributed by atoms with E-state index < -0.39 is 6.10 Å². The molecule has 6 nitrogen and oxygen atoms in total. The molecule has 1 aromatic carbocycles. The average molecular weight is 317 g/mol. The molecule has 0 bridgehead atoms. The Balaban J connectivity index is 0.00000400. The number of rotatable bonds is 8. The lowest BCUT2D eigenvalue weighted by atomic mass is 10.2. The van der Waals surface area contributed by atoms with Crippen LogP contribution in [0.3, 0.4) is 0 Å². The van der Waals surface area contributed by atoms with E-state index in [9.17, 15) is 9.59 Å². The van der Waals surface area contributed by atoms with Crippen LogP contribution in [0.25, 0.3) is 0 Å². The van der Waals surface area contributed by atoms with Gasteiger partial charge in [0.05, 0.1) is 18.9 Å². The summed E-state index contributed by atoms with van der Waals surface area (Å²) in [5, 5.41) is 11.7. The number of aliphatic hydroxyl groups is 1. The normalized spacial score (nSPS) is 11.1. The molecule has 4 N–H and O–H groups in total. The first-order valence-corrected chi connectivity index (χ1v) is 6.46. The summed E-state index contributed by atoms with van der Waals surface area (Å²) in [6, 6.07) is 9.35. The van der Waals surface area contributed by atoms with Crippen molar-refractivity contribution in [2.45, 2.75) is 25.6 Å². The van der Waals surface area contributed by atoms with Crippen molar-refractivity contribution in [3.05, 3.63) is 35.9 Å². The molecule has 0 aliphatic heterocycles. The number of esters is 1. The van der Waals surface area contributed by atoms with Gasteiger partial charge in [-0.05, 0) is 5.56 Å². The lowest BCUT2D eigenvalue weighted by molar-refractivity contribution is -0.144. The molecule has 0 fully saturated rings. The van der Waals surface area contributed by atoms with Crippen molar-refractivity contribution in [1.29, 1.82) is 0 Å². The minimum atomic E-state index is -0.847. The molecular weight excluding hydrogens is 296 g/mol. The second-order valence-corrected chi connectivity index (χ2v) is 4.34. The monoisotopic (exact) mass is 316 g/mol. The lowest BCUT2D eigenvalue weighted by Crippen LogP contribution is -2.32. The van der Waals surface area contributed by atoms with E-state index in [0.29, 0.717) is 0 Å². The number of carbonyl (C=O) groups excluding carboxylic acids is 2. The van der Waals surface area contributed by atoms with Gasteiger partial charge in [0.2, 0.25) is 5.91 Å². The molecule has 1 unspecified atom stereocenters. The van der Waals surface area contributed by atoms with E-state index in [1.165, 1.54) is 0 Å². The Labute approximate surface area is 130 Å². The Morgan fingerprint density at radius 2 is 1.95 bits per heavy atom. The number of nitrogens with two attached hydrogens (primary N) is 1.